The van der Waals surface area contributed by atoms with Crippen molar-refractivity contribution < 1.29 is 17.9 Å². The number of hydrogen-bond donors (Lipinski definition) is 0. The molecule has 0 aliphatic carbocycles. The normalized spacial score (nSPS) is 11.9. The first kappa shape index (κ1) is 18.8. The summed E-state index contributed by atoms with van der Waals surface area (Å²) in [6, 6.07) is 5.10. The zero-order valence-corrected chi connectivity index (χ0v) is 15.5. The number of alkyl halides is 3. The second kappa shape index (κ2) is 6.80. The molecule has 0 N–H and O–H groups in total. The zero-order chi connectivity index (χ0) is 20.8. The lowest BCUT2D eigenvalue weighted by Crippen LogP contribution is -2.19. The molecule has 0 fully saturated rings. The van der Waals surface area contributed by atoms with Gasteiger partial charge < -0.3 is 9.30 Å². The number of ether oxygens (including phenoxy) is 1. The molecule has 0 saturated carbocycles. The highest BCUT2D eigenvalue weighted by Crippen LogP contribution is 2.28. The molecule has 0 unspecified atom stereocenters. The molecule has 0 bridgehead atoms. The molecule has 0 aliphatic heterocycles. The van der Waals surface area contributed by atoms with E-state index in [-0.39, 0.29) is 16.8 Å². The van der Waals surface area contributed by atoms with Gasteiger partial charge in [-0.25, -0.2) is 4.98 Å². The Morgan fingerprint density at radius 3 is 2.45 bits per heavy atom. The van der Waals surface area contributed by atoms with Gasteiger partial charge in [0.25, 0.3) is 5.56 Å². The number of fused-ring (bicyclic) bond motifs is 1. The molecule has 0 atom stereocenters. The van der Waals surface area contributed by atoms with Gasteiger partial charge in [-0.3, -0.25) is 14.0 Å². The fraction of sp³-hybridized carbons (Fsp3) is 0.211. The van der Waals surface area contributed by atoms with Crippen molar-refractivity contribution in [1.82, 2.24) is 23.9 Å². The zero-order valence-electron chi connectivity index (χ0n) is 15.5. The Bertz CT molecular complexity index is 1240. The molecule has 4 rings (SSSR count). The van der Waals surface area contributed by atoms with E-state index in [1.807, 2.05) is 17.7 Å². The average Bonchev–Trinajstić information content (AvgIpc) is 3.28. The van der Waals surface area contributed by atoms with Crippen molar-refractivity contribution in [2.75, 3.05) is 0 Å². The Labute approximate surface area is 162 Å². The van der Waals surface area contributed by atoms with E-state index in [1.165, 1.54) is 16.7 Å². The topological polar surface area (TPSA) is 66.9 Å². The van der Waals surface area contributed by atoms with Crippen molar-refractivity contribution in [1.29, 1.82) is 0 Å². The summed E-state index contributed by atoms with van der Waals surface area (Å²) in [6.45, 7) is 2.57. The summed E-state index contributed by atoms with van der Waals surface area (Å²) >= 11 is 0. The van der Waals surface area contributed by atoms with Gasteiger partial charge in [0.05, 0.1) is 18.0 Å². The van der Waals surface area contributed by atoms with Crippen LogP contribution in [0.15, 0.2) is 54.0 Å². The molecule has 150 valence electrons. The number of aromatic nitrogens is 5. The van der Waals surface area contributed by atoms with Crippen LogP contribution in [0, 0.1) is 0 Å². The monoisotopic (exact) mass is 403 g/mol. The van der Waals surface area contributed by atoms with E-state index in [9.17, 15) is 18.0 Å². The standard InChI is InChI=1S/C19H16F3N5O2/c1-3-26-11-23-16-17(26)15(12-8-24-25(2)9-12)10-27(18(16)28)13-4-6-14(7-5-13)29-19(20,21)22/h4-11H,3H2,1-2H3. The van der Waals surface area contributed by atoms with Crippen LogP contribution in [0.1, 0.15) is 6.92 Å². The lowest BCUT2D eigenvalue weighted by molar-refractivity contribution is -0.274. The van der Waals surface area contributed by atoms with Crippen LogP contribution in [0.5, 0.6) is 5.75 Å². The van der Waals surface area contributed by atoms with Gasteiger partial charge in [-0.2, -0.15) is 5.10 Å². The molecule has 29 heavy (non-hydrogen) atoms. The lowest BCUT2D eigenvalue weighted by atomic mass is 10.1. The van der Waals surface area contributed by atoms with Crippen molar-refractivity contribution >= 4 is 11.0 Å². The van der Waals surface area contributed by atoms with E-state index in [2.05, 4.69) is 14.8 Å². The van der Waals surface area contributed by atoms with Gasteiger partial charge in [0.1, 0.15) is 5.75 Å². The third-order valence-electron chi connectivity index (χ3n) is 4.48. The van der Waals surface area contributed by atoms with E-state index in [0.29, 0.717) is 17.7 Å². The lowest BCUT2D eigenvalue weighted by Gasteiger charge is -2.12. The molecule has 0 aliphatic rings. The number of pyridine rings is 1. The molecule has 4 aromatic rings. The molecule has 0 amide bonds. The maximum Gasteiger partial charge on any atom is 0.573 e. The number of nitrogens with zero attached hydrogens (tertiary/aromatic N) is 5. The van der Waals surface area contributed by atoms with Crippen LogP contribution in [0.25, 0.3) is 27.8 Å². The Morgan fingerprint density at radius 2 is 1.86 bits per heavy atom. The van der Waals surface area contributed by atoms with Crippen molar-refractivity contribution in [3.63, 3.8) is 0 Å². The van der Waals surface area contributed by atoms with Gasteiger partial charge in [-0.15, -0.1) is 13.2 Å². The maximum absolute atomic E-state index is 13.0. The first-order chi connectivity index (χ1) is 13.8. The summed E-state index contributed by atoms with van der Waals surface area (Å²) in [4.78, 5) is 17.3. The average molecular weight is 403 g/mol. The summed E-state index contributed by atoms with van der Waals surface area (Å²) in [5.74, 6) is -0.363. The number of aryl methyl sites for hydroxylation is 2. The van der Waals surface area contributed by atoms with Crippen LogP contribution in [0.2, 0.25) is 0 Å². The first-order valence-corrected chi connectivity index (χ1v) is 8.72. The SMILES string of the molecule is CCn1cnc2c(=O)n(-c3ccc(OC(F)(F)F)cc3)cc(-c3cnn(C)c3)c21. The third-order valence-corrected chi connectivity index (χ3v) is 4.48. The molecule has 3 heterocycles. The number of benzene rings is 1. The van der Waals surface area contributed by atoms with E-state index in [4.69, 9.17) is 0 Å². The number of halogens is 3. The highest BCUT2D eigenvalue weighted by atomic mass is 19.4. The molecular formula is C19H16F3N5O2. The van der Waals surface area contributed by atoms with Crippen LogP contribution in [-0.4, -0.2) is 30.3 Å². The maximum atomic E-state index is 13.0. The van der Waals surface area contributed by atoms with Gasteiger partial charge in [0.2, 0.25) is 0 Å². The van der Waals surface area contributed by atoms with Crippen LogP contribution in [0.3, 0.4) is 0 Å². The minimum absolute atomic E-state index is 0.267. The molecular weight excluding hydrogens is 387 g/mol. The molecule has 0 saturated heterocycles. The Hall–Kier alpha value is -3.56. The van der Waals surface area contributed by atoms with E-state index in [0.717, 1.165) is 23.3 Å². The van der Waals surface area contributed by atoms with Crippen molar-refractivity contribution in [2.45, 2.75) is 19.8 Å². The molecule has 3 aromatic heterocycles. The smallest absolute Gasteiger partial charge is 0.406 e. The fourth-order valence-electron chi connectivity index (χ4n) is 3.20. The quantitative estimate of drug-likeness (QED) is 0.523. The third kappa shape index (κ3) is 3.48. The van der Waals surface area contributed by atoms with Crippen LogP contribution >= 0.6 is 0 Å². The van der Waals surface area contributed by atoms with Crippen LogP contribution in [-0.2, 0) is 13.6 Å². The van der Waals surface area contributed by atoms with Crippen molar-refractivity contribution in [2.24, 2.45) is 7.05 Å². The predicted octanol–water partition coefficient (Wildman–Crippen LogP) is 3.51. The molecule has 0 radical (unpaired) electrons. The number of hydrogen-bond acceptors (Lipinski definition) is 4. The van der Waals surface area contributed by atoms with E-state index >= 15 is 0 Å². The molecule has 10 heteroatoms. The fourth-order valence-corrected chi connectivity index (χ4v) is 3.20. The second-order valence-corrected chi connectivity index (χ2v) is 6.39. The molecule has 0 spiro atoms. The van der Waals surface area contributed by atoms with Gasteiger partial charge in [0, 0.05) is 42.8 Å². The molecule has 7 nitrogen and oxygen atoms in total. The highest BCUT2D eigenvalue weighted by Gasteiger charge is 2.31. The molecule has 1 aromatic carbocycles. The Morgan fingerprint density at radius 1 is 1.14 bits per heavy atom. The Balaban J connectivity index is 1.90. The minimum atomic E-state index is -4.78. The summed E-state index contributed by atoms with van der Waals surface area (Å²) in [5, 5.41) is 4.19. The van der Waals surface area contributed by atoms with E-state index in [1.54, 1.807) is 30.5 Å². The summed E-state index contributed by atoms with van der Waals surface area (Å²) in [5.41, 5.74) is 2.50. The summed E-state index contributed by atoms with van der Waals surface area (Å²) in [6.07, 6.45) is 1.96. The first-order valence-electron chi connectivity index (χ1n) is 8.72. The number of imidazole rings is 1. The van der Waals surface area contributed by atoms with Gasteiger partial charge in [-0.05, 0) is 31.2 Å². The summed E-state index contributed by atoms with van der Waals surface area (Å²) < 4.78 is 45.9. The van der Waals surface area contributed by atoms with Gasteiger partial charge in [0.15, 0.2) is 5.52 Å². The predicted molar refractivity (Wildman–Crippen MR) is 99.9 cm³/mol. The van der Waals surface area contributed by atoms with Gasteiger partial charge in [-0.1, -0.05) is 0 Å². The van der Waals surface area contributed by atoms with E-state index < -0.39 is 6.36 Å². The highest BCUT2D eigenvalue weighted by molar-refractivity contribution is 5.91. The number of rotatable bonds is 4. The minimum Gasteiger partial charge on any atom is -0.406 e. The Kier molecular flexibility index (Phi) is 4.40. The van der Waals surface area contributed by atoms with Crippen LogP contribution < -0.4 is 10.3 Å². The largest absolute Gasteiger partial charge is 0.573 e. The second-order valence-electron chi connectivity index (χ2n) is 6.39. The van der Waals surface area contributed by atoms with Gasteiger partial charge >= 0.3 is 6.36 Å². The van der Waals surface area contributed by atoms with Crippen molar-refractivity contribution in [3.05, 3.63) is 59.5 Å². The van der Waals surface area contributed by atoms with Crippen molar-refractivity contribution in [3.8, 4) is 22.6 Å². The summed E-state index contributed by atoms with van der Waals surface area (Å²) in [7, 11) is 1.78. The van der Waals surface area contributed by atoms with Crippen LogP contribution in [0.4, 0.5) is 13.2 Å².